The van der Waals surface area contributed by atoms with Crippen LogP contribution in [-0.4, -0.2) is 27.6 Å². The van der Waals surface area contributed by atoms with Gasteiger partial charge in [0.15, 0.2) is 0 Å². The molecule has 4 aromatic rings. The number of ether oxygens (including phenoxy) is 1. The molecule has 0 aliphatic rings. The third kappa shape index (κ3) is 4.55. The number of aryl methyl sites for hydroxylation is 1. The van der Waals surface area contributed by atoms with Gasteiger partial charge >= 0.3 is 5.69 Å². The standard InChI is InChI=1S/C25H24N4O4/c1-3-13-29-22-20(24(31)28-25(29)32)14-18(15-26-22)23(30)27-21(16-7-5-4-6-8-16)17-9-11-19(33-2)12-10-17/h4-12,14-15,21H,3,13H2,1-2H3,(H,27,30)(H,28,31,32). The Morgan fingerprint density at radius 1 is 1.09 bits per heavy atom. The van der Waals surface area contributed by atoms with Crippen LogP contribution in [0.4, 0.5) is 0 Å². The Balaban J connectivity index is 1.72. The molecule has 0 radical (unpaired) electrons. The number of hydrogen-bond donors (Lipinski definition) is 2. The Bertz CT molecular complexity index is 1390. The highest BCUT2D eigenvalue weighted by molar-refractivity contribution is 5.97. The number of aromatic amines is 1. The molecule has 1 unspecified atom stereocenters. The van der Waals surface area contributed by atoms with Crippen LogP contribution in [0.2, 0.25) is 0 Å². The summed E-state index contributed by atoms with van der Waals surface area (Å²) in [7, 11) is 1.60. The molecular formula is C25H24N4O4. The van der Waals surface area contributed by atoms with Crippen LogP contribution in [0.1, 0.15) is 40.9 Å². The number of aromatic nitrogens is 3. The molecule has 0 bridgehead atoms. The Hall–Kier alpha value is -4.20. The average molecular weight is 444 g/mol. The second kappa shape index (κ2) is 9.52. The molecule has 33 heavy (non-hydrogen) atoms. The molecule has 1 amide bonds. The van der Waals surface area contributed by atoms with Crippen molar-refractivity contribution in [2.45, 2.75) is 25.9 Å². The van der Waals surface area contributed by atoms with Crippen LogP contribution in [0.25, 0.3) is 11.0 Å². The SMILES string of the molecule is CCCn1c(=O)[nH]c(=O)c2cc(C(=O)NC(c3ccccc3)c3ccc(OC)cc3)cnc21. The van der Waals surface area contributed by atoms with E-state index in [4.69, 9.17) is 4.74 Å². The summed E-state index contributed by atoms with van der Waals surface area (Å²) >= 11 is 0. The van der Waals surface area contributed by atoms with Crippen molar-refractivity contribution in [3.8, 4) is 5.75 Å². The first-order valence-corrected chi connectivity index (χ1v) is 10.6. The third-order valence-corrected chi connectivity index (χ3v) is 5.40. The highest BCUT2D eigenvalue weighted by Crippen LogP contribution is 2.24. The minimum absolute atomic E-state index is 0.191. The molecule has 1 atom stereocenters. The van der Waals surface area contributed by atoms with E-state index in [1.165, 1.54) is 16.8 Å². The first kappa shape index (κ1) is 22.0. The second-order valence-corrected chi connectivity index (χ2v) is 7.60. The van der Waals surface area contributed by atoms with Gasteiger partial charge in [-0.15, -0.1) is 0 Å². The lowest BCUT2D eigenvalue weighted by molar-refractivity contribution is 0.0942. The van der Waals surface area contributed by atoms with E-state index in [-0.39, 0.29) is 22.5 Å². The predicted molar refractivity (Wildman–Crippen MR) is 126 cm³/mol. The maximum absolute atomic E-state index is 13.2. The number of carbonyl (C=O) groups is 1. The van der Waals surface area contributed by atoms with Gasteiger partial charge in [0.05, 0.1) is 24.1 Å². The summed E-state index contributed by atoms with van der Waals surface area (Å²) in [5, 5.41) is 3.23. The number of hydrogen-bond acceptors (Lipinski definition) is 5. The van der Waals surface area contributed by atoms with Gasteiger partial charge in [0.2, 0.25) is 0 Å². The van der Waals surface area contributed by atoms with Gasteiger partial charge in [-0.1, -0.05) is 49.4 Å². The van der Waals surface area contributed by atoms with Crippen molar-refractivity contribution >= 4 is 16.9 Å². The largest absolute Gasteiger partial charge is 0.497 e. The summed E-state index contributed by atoms with van der Waals surface area (Å²) in [4.78, 5) is 44.3. The number of amides is 1. The molecule has 4 rings (SSSR count). The third-order valence-electron chi connectivity index (χ3n) is 5.40. The quantitative estimate of drug-likeness (QED) is 0.456. The summed E-state index contributed by atoms with van der Waals surface area (Å²) < 4.78 is 6.65. The zero-order valence-electron chi connectivity index (χ0n) is 18.4. The van der Waals surface area contributed by atoms with Crippen LogP contribution in [0.15, 0.2) is 76.4 Å². The lowest BCUT2D eigenvalue weighted by Crippen LogP contribution is -2.32. The van der Waals surface area contributed by atoms with Gasteiger partial charge in [-0.2, -0.15) is 0 Å². The van der Waals surface area contributed by atoms with Crippen LogP contribution >= 0.6 is 0 Å². The molecular weight excluding hydrogens is 420 g/mol. The number of pyridine rings is 1. The molecule has 2 heterocycles. The van der Waals surface area contributed by atoms with Gasteiger partial charge < -0.3 is 10.1 Å². The molecule has 2 aromatic heterocycles. The molecule has 2 aromatic carbocycles. The number of methoxy groups -OCH3 is 1. The Kier molecular flexibility index (Phi) is 6.35. The number of carbonyl (C=O) groups excluding carboxylic acids is 1. The zero-order valence-corrected chi connectivity index (χ0v) is 18.4. The number of H-pyrrole nitrogens is 1. The van der Waals surface area contributed by atoms with Crippen LogP contribution in [0, 0.1) is 0 Å². The molecule has 168 valence electrons. The van der Waals surface area contributed by atoms with E-state index in [2.05, 4.69) is 15.3 Å². The number of benzene rings is 2. The molecule has 8 nitrogen and oxygen atoms in total. The van der Waals surface area contributed by atoms with E-state index in [1.54, 1.807) is 7.11 Å². The fourth-order valence-corrected chi connectivity index (χ4v) is 3.74. The zero-order chi connectivity index (χ0) is 23.4. The van der Waals surface area contributed by atoms with E-state index in [9.17, 15) is 14.4 Å². The molecule has 0 aliphatic carbocycles. The first-order chi connectivity index (χ1) is 16.0. The second-order valence-electron chi connectivity index (χ2n) is 7.60. The molecule has 2 N–H and O–H groups in total. The molecule has 0 fully saturated rings. The van der Waals surface area contributed by atoms with Gasteiger partial charge in [0.25, 0.3) is 11.5 Å². The predicted octanol–water partition coefficient (Wildman–Crippen LogP) is 3.02. The van der Waals surface area contributed by atoms with Gasteiger partial charge in [0, 0.05) is 12.7 Å². The summed E-state index contributed by atoms with van der Waals surface area (Å²) in [6, 6.07) is 18.1. The van der Waals surface area contributed by atoms with Crippen molar-refractivity contribution in [2.75, 3.05) is 7.11 Å². The summed E-state index contributed by atoms with van der Waals surface area (Å²) in [6.07, 6.45) is 2.09. The van der Waals surface area contributed by atoms with E-state index >= 15 is 0 Å². The Morgan fingerprint density at radius 3 is 2.45 bits per heavy atom. The van der Waals surface area contributed by atoms with Crippen LogP contribution in [0.3, 0.4) is 0 Å². The maximum atomic E-state index is 13.2. The van der Waals surface area contributed by atoms with Crippen molar-refractivity contribution in [1.29, 1.82) is 0 Å². The van der Waals surface area contributed by atoms with E-state index < -0.39 is 17.3 Å². The smallest absolute Gasteiger partial charge is 0.329 e. The summed E-state index contributed by atoms with van der Waals surface area (Å²) in [5.74, 6) is 0.328. The highest BCUT2D eigenvalue weighted by Gasteiger charge is 2.19. The van der Waals surface area contributed by atoms with Crippen LogP contribution in [0.5, 0.6) is 5.75 Å². The van der Waals surface area contributed by atoms with Crippen LogP contribution in [-0.2, 0) is 6.54 Å². The van der Waals surface area contributed by atoms with Crippen molar-refractivity contribution < 1.29 is 9.53 Å². The van der Waals surface area contributed by atoms with Crippen molar-refractivity contribution in [3.05, 3.63) is 104 Å². The first-order valence-electron chi connectivity index (χ1n) is 10.6. The minimum atomic E-state index is -0.570. The number of nitrogens with one attached hydrogen (secondary N) is 2. The minimum Gasteiger partial charge on any atom is -0.497 e. The summed E-state index contributed by atoms with van der Waals surface area (Å²) in [5.41, 5.74) is 1.18. The molecule has 8 heteroatoms. The summed E-state index contributed by atoms with van der Waals surface area (Å²) in [6.45, 7) is 2.34. The van der Waals surface area contributed by atoms with Gasteiger partial charge in [-0.3, -0.25) is 19.1 Å². The fourth-order valence-electron chi connectivity index (χ4n) is 3.74. The topological polar surface area (TPSA) is 106 Å². The van der Waals surface area contributed by atoms with Crippen LogP contribution < -0.4 is 21.3 Å². The molecule has 0 saturated heterocycles. The fraction of sp³-hybridized carbons (Fsp3) is 0.200. The van der Waals surface area contributed by atoms with E-state index in [0.717, 1.165) is 11.1 Å². The lowest BCUT2D eigenvalue weighted by Gasteiger charge is -2.20. The molecule has 0 aliphatic heterocycles. The van der Waals surface area contributed by atoms with Gasteiger partial charge in [-0.25, -0.2) is 9.78 Å². The van der Waals surface area contributed by atoms with Crippen molar-refractivity contribution in [2.24, 2.45) is 0 Å². The Labute approximate surface area is 189 Å². The van der Waals surface area contributed by atoms with E-state index in [0.29, 0.717) is 18.7 Å². The molecule has 0 spiro atoms. The van der Waals surface area contributed by atoms with Gasteiger partial charge in [-0.05, 0) is 35.7 Å². The highest BCUT2D eigenvalue weighted by atomic mass is 16.5. The number of fused-ring (bicyclic) bond motifs is 1. The average Bonchev–Trinajstić information content (AvgIpc) is 2.85. The Morgan fingerprint density at radius 2 is 1.79 bits per heavy atom. The molecule has 0 saturated carbocycles. The normalized spacial score (nSPS) is 11.8. The number of nitrogens with zero attached hydrogens (tertiary/aromatic N) is 2. The number of rotatable bonds is 7. The lowest BCUT2D eigenvalue weighted by atomic mass is 9.98. The van der Waals surface area contributed by atoms with Gasteiger partial charge in [0.1, 0.15) is 11.4 Å². The van der Waals surface area contributed by atoms with E-state index in [1.807, 2.05) is 61.5 Å². The van der Waals surface area contributed by atoms with Crippen molar-refractivity contribution in [1.82, 2.24) is 19.9 Å². The maximum Gasteiger partial charge on any atom is 0.329 e. The monoisotopic (exact) mass is 444 g/mol. The van der Waals surface area contributed by atoms with Crippen molar-refractivity contribution in [3.63, 3.8) is 0 Å².